The first-order chi connectivity index (χ1) is 9.97. The van der Waals surface area contributed by atoms with Gasteiger partial charge in [-0.2, -0.15) is 0 Å². The molecule has 0 unspecified atom stereocenters. The van der Waals surface area contributed by atoms with Crippen LogP contribution in [-0.2, 0) is 10.0 Å². The summed E-state index contributed by atoms with van der Waals surface area (Å²) in [5.74, 6) is 0. The van der Waals surface area contributed by atoms with Crippen LogP contribution in [0.3, 0.4) is 0 Å². The van der Waals surface area contributed by atoms with E-state index < -0.39 is 10.0 Å². The average molecular weight is 297 g/mol. The molecule has 0 saturated heterocycles. The summed E-state index contributed by atoms with van der Waals surface area (Å²) < 4.78 is 22.6. The zero-order valence-corrected chi connectivity index (χ0v) is 12.4. The predicted molar refractivity (Wildman–Crippen MR) is 85.5 cm³/mol. The third-order valence-electron chi connectivity index (χ3n) is 3.64. The van der Waals surface area contributed by atoms with Gasteiger partial charge in [-0.25, -0.2) is 13.6 Å². The predicted octanol–water partition coefficient (Wildman–Crippen LogP) is 3.46. The molecule has 3 aromatic rings. The lowest BCUT2D eigenvalue weighted by Gasteiger charge is -2.09. The Labute approximate surface area is 124 Å². The maximum Gasteiger partial charge on any atom is 0.238 e. The van der Waals surface area contributed by atoms with E-state index in [2.05, 4.69) is 31.2 Å². The zero-order chi connectivity index (χ0) is 15.0. The molecular weight excluding hydrogens is 282 g/mol. The molecule has 3 rings (SSSR count). The molecule has 0 aliphatic carbocycles. The summed E-state index contributed by atoms with van der Waals surface area (Å²) in [6, 6.07) is 19.0. The van der Waals surface area contributed by atoms with Gasteiger partial charge in [0.2, 0.25) is 10.0 Å². The van der Waals surface area contributed by atoms with Gasteiger partial charge in [-0.1, -0.05) is 48.5 Å². The summed E-state index contributed by atoms with van der Waals surface area (Å²) in [4.78, 5) is 0.127. The van der Waals surface area contributed by atoms with Gasteiger partial charge < -0.3 is 0 Å². The van der Waals surface area contributed by atoms with E-state index in [-0.39, 0.29) is 4.90 Å². The van der Waals surface area contributed by atoms with Crippen LogP contribution in [0.5, 0.6) is 0 Å². The van der Waals surface area contributed by atoms with Crippen LogP contribution in [0.1, 0.15) is 5.56 Å². The second-order valence-electron chi connectivity index (χ2n) is 5.04. The zero-order valence-electron chi connectivity index (χ0n) is 11.6. The molecule has 4 heteroatoms. The summed E-state index contributed by atoms with van der Waals surface area (Å²) >= 11 is 0. The number of fused-ring (bicyclic) bond motifs is 1. The molecule has 0 saturated carbocycles. The minimum atomic E-state index is -3.65. The Morgan fingerprint density at radius 3 is 2.05 bits per heavy atom. The van der Waals surface area contributed by atoms with Crippen LogP contribution in [0.4, 0.5) is 0 Å². The van der Waals surface area contributed by atoms with Gasteiger partial charge >= 0.3 is 0 Å². The second-order valence-corrected chi connectivity index (χ2v) is 6.61. The number of hydrogen-bond acceptors (Lipinski definition) is 2. The Morgan fingerprint density at radius 2 is 1.43 bits per heavy atom. The fourth-order valence-corrected chi connectivity index (χ4v) is 3.04. The van der Waals surface area contributed by atoms with Crippen molar-refractivity contribution in [1.29, 1.82) is 0 Å². The van der Waals surface area contributed by atoms with E-state index in [1.807, 2.05) is 12.1 Å². The molecule has 21 heavy (non-hydrogen) atoms. The number of primary sulfonamides is 1. The van der Waals surface area contributed by atoms with Crippen molar-refractivity contribution in [3.8, 4) is 11.1 Å². The third kappa shape index (κ3) is 2.55. The van der Waals surface area contributed by atoms with Crippen molar-refractivity contribution in [3.63, 3.8) is 0 Å². The number of sulfonamides is 1. The summed E-state index contributed by atoms with van der Waals surface area (Å²) in [6.45, 7) is 2.08. The SMILES string of the molecule is Cc1ccc(-c2ccc(S(N)(=O)=O)cc2)c2ccccc12. The van der Waals surface area contributed by atoms with Crippen molar-refractivity contribution < 1.29 is 8.42 Å². The molecule has 0 bridgehead atoms. The van der Waals surface area contributed by atoms with E-state index in [1.54, 1.807) is 24.3 Å². The van der Waals surface area contributed by atoms with Crippen LogP contribution in [0.25, 0.3) is 21.9 Å². The molecule has 0 spiro atoms. The topological polar surface area (TPSA) is 60.2 Å². The minimum Gasteiger partial charge on any atom is -0.225 e. The van der Waals surface area contributed by atoms with Crippen LogP contribution in [0.2, 0.25) is 0 Å². The van der Waals surface area contributed by atoms with Crippen molar-refractivity contribution in [2.24, 2.45) is 5.14 Å². The van der Waals surface area contributed by atoms with Gasteiger partial charge in [0.25, 0.3) is 0 Å². The number of aryl methyl sites for hydroxylation is 1. The standard InChI is InChI=1S/C17H15NO2S/c1-12-6-11-16(17-5-3-2-4-15(12)17)13-7-9-14(10-8-13)21(18,19)20/h2-11H,1H3,(H2,18,19,20). The normalized spacial score (nSPS) is 11.7. The van der Waals surface area contributed by atoms with Crippen molar-refractivity contribution in [3.05, 3.63) is 66.2 Å². The number of nitrogens with two attached hydrogens (primary N) is 1. The molecule has 0 aliphatic heterocycles. The van der Waals surface area contributed by atoms with E-state index in [9.17, 15) is 8.42 Å². The molecule has 0 atom stereocenters. The molecular formula is C17H15NO2S. The maximum absolute atomic E-state index is 11.3. The fourth-order valence-electron chi connectivity index (χ4n) is 2.53. The first kappa shape index (κ1) is 13.8. The molecule has 3 aromatic carbocycles. The largest absolute Gasteiger partial charge is 0.238 e. The molecule has 2 N–H and O–H groups in total. The minimum absolute atomic E-state index is 0.127. The average Bonchev–Trinajstić information content (AvgIpc) is 2.47. The summed E-state index contributed by atoms with van der Waals surface area (Å²) in [5.41, 5.74) is 3.27. The molecule has 0 amide bonds. The summed E-state index contributed by atoms with van der Waals surface area (Å²) in [5, 5.41) is 7.48. The molecule has 106 valence electrons. The van der Waals surface area contributed by atoms with Crippen LogP contribution < -0.4 is 5.14 Å². The third-order valence-corrected chi connectivity index (χ3v) is 4.57. The highest BCUT2D eigenvalue weighted by molar-refractivity contribution is 7.89. The first-order valence-electron chi connectivity index (χ1n) is 6.58. The van der Waals surface area contributed by atoms with E-state index in [1.165, 1.54) is 10.9 Å². The highest BCUT2D eigenvalue weighted by atomic mass is 32.2. The second kappa shape index (κ2) is 4.98. The number of benzene rings is 3. The lowest BCUT2D eigenvalue weighted by molar-refractivity contribution is 0.598. The van der Waals surface area contributed by atoms with Gasteiger partial charge in [0.15, 0.2) is 0 Å². The Kier molecular flexibility index (Phi) is 3.27. The van der Waals surface area contributed by atoms with Crippen LogP contribution in [0, 0.1) is 6.92 Å². The lowest BCUT2D eigenvalue weighted by atomic mass is 9.96. The van der Waals surface area contributed by atoms with Crippen molar-refractivity contribution >= 4 is 20.8 Å². The first-order valence-corrected chi connectivity index (χ1v) is 8.13. The molecule has 0 radical (unpaired) electrons. The number of hydrogen-bond donors (Lipinski definition) is 1. The maximum atomic E-state index is 11.3. The molecule has 0 fully saturated rings. The summed E-state index contributed by atoms with van der Waals surface area (Å²) in [7, 11) is -3.65. The smallest absolute Gasteiger partial charge is 0.225 e. The molecule has 3 nitrogen and oxygen atoms in total. The van der Waals surface area contributed by atoms with Crippen molar-refractivity contribution in [2.75, 3.05) is 0 Å². The van der Waals surface area contributed by atoms with Gasteiger partial charge in [-0.3, -0.25) is 0 Å². The Morgan fingerprint density at radius 1 is 0.810 bits per heavy atom. The van der Waals surface area contributed by atoms with Crippen LogP contribution in [0.15, 0.2) is 65.6 Å². The molecule has 0 aromatic heterocycles. The Bertz CT molecular complexity index is 913. The molecule has 0 aliphatic rings. The number of rotatable bonds is 2. The van der Waals surface area contributed by atoms with Gasteiger partial charge in [-0.05, 0) is 46.5 Å². The fraction of sp³-hybridized carbons (Fsp3) is 0.0588. The Balaban J connectivity index is 2.20. The highest BCUT2D eigenvalue weighted by Crippen LogP contribution is 2.30. The quantitative estimate of drug-likeness (QED) is 0.787. The lowest BCUT2D eigenvalue weighted by Crippen LogP contribution is -2.11. The van der Waals surface area contributed by atoms with E-state index >= 15 is 0 Å². The van der Waals surface area contributed by atoms with Crippen molar-refractivity contribution in [2.45, 2.75) is 11.8 Å². The molecule has 0 heterocycles. The summed E-state index contributed by atoms with van der Waals surface area (Å²) in [6.07, 6.45) is 0. The van der Waals surface area contributed by atoms with E-state index in [0.29, 0.717) is 0 Å². The van der Waals surface area contributed by atoms with Gasteiger partial charge in [0.05, 0.1) is 4.90 Å². The van der Waals surface area contributed by atoms with Crippen molar-refractivity contribution in [1.82, 2.24) is 0 Å². The van der Waals surface area contributed by atoms with E-state index in [4.69, 9.17) is 5.14 Å². The Hall–Kier alpha value is -2.17. The van der Waals surface area contributed by atoms with Gasteiger partial charge in [0, 0.05) is 0 Å². The van der Waals surface area contributed by atoms with Crippen LogP contribution >= 0.6 is 0 Å². The van der Waals surface area contributed by atoms with Gasteiger partial charge in [-0.15, -0.1) is 0 Å². The van der Waals surface area contributed by atoms with Gasteiger partial charge in [0.1, 0.15) is 0 Å². The van der Waals surface area contributed by atoms with E-state index in [0.717, 1.165) is 16.5 Å². The monoisotopic (exact) mass is 297 g/mol. The van der Waals surface area contributed by atoms with Crippen LogP contribution in [-0.4, -0.2) is 8.42 Å². The highest BCUT2D eigenvalue weighted by Gasteiger charge is 2.09.